The highest BCUT2D eigenvalue weighted by Gasteiger charge is 2.06. The largest absolute Gasteiger partial charge is 0.334 e. The van der Waals surface area contributed by atoms with Crippen LogP contribution in [0.2, 0.25) is 5.15 Å². The van der Waals surface area contributed by atoms with E-state index in [1.54, 1.807) is 0 Å². The number of rotatable bonds is 1. The Balaban J connectivity index is 2.75. The van der Waals surface area contributed by atoms with E-state index in [0.29, 0.717) is 0 Å². The Bertz CT molecular complexity index is 617. The topological polar surface area (TPSA) is 54.9 Å². The van der Waals surface area contributed by atoms with E-state index < -0.39 is 17.1 Å². The maximum absolute atomic E-state index is 12.9. The minimum absolute atomic E-state index is 0.0531. The highest BCUT2D eigenvalue weighted by atomic mass is 35.5. The Kier molecular flexibility index (Phi) is 2.62. The quantitative estimate of drug-likeness (QED) is 0.765. The molecule has 2 rings (SSSR count). The highest BCUT2D eigenvalue weighted by molar-refractivity contribution is 6.29. The molecule has 2 aromatic rings. The molecule has 0 saturated heterocycles. The second-order valence-electron chi connectivity index (χ2n) is 3.08. The van der Waals surface area contributed by atoms with Crippen LogP contribution in [-0.4, -0.2) is 9.55 Å². The standard InChI is InChI=1S/C10H6ClFN2O2/c11-8-5-9(15)14(10(16)13-8)7-3-1-2-6(12)4-7/h1-5H,(H,13,16). The molecule has 0 radical (unpaired) electrons. The number of H-pyrrole nitrogens is 1. The zero-order chi connectivity index (χ0) is 11.7. The first-order valence-electron chi connectivity index (χ1n) is 4.36. The molecule has 16 heavy (non-hydrogen) atoms. The van der Waals surface area contributed by atoms with E-state index in [0.717, 1.165) is 16.7 Å². The van der Waals surface area contributed by atoms with Crippen LogP contribution in [-0.2, 0) is 0 Å². The van der Waals surface area contributed by atoms with E-state index in [9.17, 15) is 14.0 Å². The molecule has 4 nitrogen and oxygen atoms in total. The summed E-state index contributed by atoms with van der Waals surface area (Å²) in [5.41, 5.74) is -1.16. The number of aromatic amines is 1. The average molecular weight is 241 g/mol. The van der Waals surface area contributed by atoms with Gasteiger partial charge in [0, 0.05) is 6.07 Å². The molecular weight excluding hydrogens is 235 g/mol. The van der Waals surface area contributed by atoms with Gasteiger partial charge in [-0.1, -0.05) is 17.7 Å². The van der Waals surface area contributed by atoms with Gasteiger partial charge in [-0.2, -0.15) is 0 Å². The van der Waals surface area contributed by atoms with Gasteiger partial charge >= 0.3 is 5.69 Å². The lowest BCUT2D eigenvalue weighted by Gasteiger charge is -2.03. The minimum atomic E-state index is -0.705. The first-order valence-corrected chi connectivity index (χ1v) is 4.73. The van der Waals surface area contributed by atoms with E-state index in [1.165, 1.54) is 18.2 Å². The summed E-state index contributed by atoms with van der Waals surface area (Å²) in [7, 11) is 0. The van der Waals surface area contributed by atoms with Crippen molar-refractivity contribution in [2.45, 2.75) is 0 Å². The average Bonchev–Trinajstić information content (AvgIpc) is 2.15. The summed E-state index contributed by atoms with van der Waals surface area (Å²) in [6.45, 7) is 0. The van der Waals surface area contributed by atoms with Gasteiger partial charge in [0.25, 0.3) is 5.56 Å². The smallest absolute Gasteiger partial charge is 0.297 e. The van der Waals surface area contributed by atoms with Crippen molar-refractivity contribution in [2.75, 3.05) is 0 Å². The number of nitrogens with zero attached hydrogens (tertiary/aromatic N) is 1. The molecule has 0 saturated carbocycles. The fraction of sp³-hybridized carbons (Fsp3) is 0. The van der Waals surface area contributed by atoms with Gasteiger partial charge in [-0.15, -0.1) is 0 Å². The van der Waals surface area contributed by atoms with Crippen LogP contribution in [0.15, 0.2) is 39.9 Å². The SMILES string of the molecule is O=c1cc(Cl)[nH]c(=O)n1-c1cccc(F)c1. The molecule has 0 fully saturated rings. The van der Waals surface area contributed by atoms with Crippen molar-refractivity contribution in [3.05, 3.63) is 62.1 Å². The molecule has 0 aliphatic heterocycles. The molecule has 0 bridgehead atoms. The third-order valence-corrected chi connectivity index (χ3v) is 2.17. The lowest BCUT2D eigenvalue weighted by Crippen LogP contribution is -2.32. The van der Waals surface area contributed by atoms with Crippen molar-refractivity contribution in [2.24, 2.45) is 0 Å². The number of halogens is 2. The van der Waals surface area contributed by atoms with E-state index in [1.807, 2.05) is 0 Å². The van der Waals surface area contributed by atoms with Gasteiger partial charge in [-0.25, -0.2) is 13.8 Å². The van der Waals surface area contributed by atoms with Crippen molar-refractivity contribution in [1.82, 2.24) is 9.55 Å². The summed E-state index contributed by atoms with van der Waals surface area (Å²) in [5, 5.41) is -0.0531. The summed E-state index contributed by atoms with van der Waals surface area (Å²) >= 11 is 5.50. The third kappa shape index (κ3) is 1.90. The monoisotopic (exact) mass is 240 g/mol. The molecule has 0 aliphatic rings. The van der Waals surface area contributed by atoms with Gasteiger partial charge in [0.1, 0.15) is 11.0 Å². The molecule has 82 valence electrons. The zero-order valence-corrected chi connectivity index (χ0v) is 8.66. The van der Waals surface area contributed by atoms with Crippen LogP contribution in [0.25, 0.3) is 5.69 Å². The van der Waals surface area contributed by atoms with Gasteiger partial charge in [0.05, 0.1) is 5.69 Å². The van der Waals surface area contributed by atoms with Crippen LogP contribution in [0.3, 0.4) is 0 Å². The second kappa shape index (κ2) is 3.94. The lowest BCUT2D eigenvalue weighted by molar-refractivity contribution is 0.625. The number of hydrogen-bond acceptors (Lipinski definition) is 2. The molecule has 0 spiro atoms. The van der Waals surface area contributed by atoms with Gasteiger partial charge < -0.3 is 0 Å². The molecule has 1 aromatic carbocycles. The van der Waals surface area contributed by atoms with Crippen LogP contribution in [0, 0.1) is 5.82 Å². The Morgan fingerprint density at radius 3 is 2.62 bits per heavy atom. The van der Waals surface area contributed by atoms with Gasteiger partial charge in [0.2, 0.25) is 0 Å². The second-order valence-corrected chi connectivity index (χ2v) is 3.48. The van der Waals surface area contributed by atoms with Crippen LogP contribution in [0.5, 0.6) is 0 Å². The van der Waals surface area contributed by atoms with Crippen LogP contribution in [0.1, 0.15) is 0 Å². The summed E-state index contributed by atoms with van der Waals surface area (Å²) in [4.78, 5) is 25.2. The van der Waals surface area contributed by atoms with E-state index >= 15 is 0 Å². The van der Waals surface area contributed by atoms with Gasteiger partial charge in [-0.3, -0.25) is 9.78 Å². The molecule has 1 aromatic heterocycles. The van der Waals surface area contributed by atoms with Gasteiger partial charge in [-0.05, 0) is 18.2 Å². The first kappa shape index (κ1) is 10.6. The summed E-state index contributed by atoms with van der Waals surface area (Å²) in [6, 6.07) is 6.22. The summed E-state index contributed by atoms with van der Waals surface area (Å²) in [5.74, 6) is -0.529. The molecular formula is C10H6ClFN2O2. The van der Waals surface area contributed by atoms with Crippen molar-refractivity contribution in [3.8, 4) is 5.69 Å². The predicted octanol–water partition coefficient (Wildman–Crippen LogP) is 1.32. The van der Waals surface area contributed by atoms with Crippen molar-refractivity contribution in [1.29, 1.82) is 0 Å². The molecule has 0 unspecified atom stereocenters. The zero-order valence-electron chi connectivity index (χ0n) is 7.91. The van der Waals surface area contributed by atoms with Crippen molar-refractivity contribution >= 4 is 11.6 Å². The third-order valence-electron chi connectivity index (χ3n) is 1.97. The van der Waals surface area contributed by atoms with Crippen LogP contribution >= 0.6 is 11.6 Å². The fourth-order valence-electron chi connectivity index (χ4n) is 1.33. The number of aromatic nitrogens is 2. The van der Waals surface area contributed by atoms with Crippen LogP contribution in [0.4, 0.5) is 4.39 Å². The number of nitrogens with one attached hydrogen (secondary N) is 1. The van der Waals surface area contributed by atoms with E-state index in [-0.39, 0.29) is 10.8 Å². The maximum Gasteiger partial charge on any atom is 0.334 e. The normalized spacial score (nSPS) is 10.4. The molecule has 0 atom stereocenters. The fourth-order valence-corrected chi connectivity index (χ4v) is 1.50. The Labute approximate surface area is 93.9 Å². The van der Waals surface area contributed by atoms with Crippen molar-refractivity contribution < 1.29 is 4.39 Å². The maximum atomic E-state index is 12.9. The summed E-state index contributed by atoms with van der Waals surface area (Å²) in [6.07, 6.45) is 0. The van der Waals surface area contributed by atoms with Crippen molar-refractivity contribution in [3.63, 3.8) is 0 Å². The molecule has 6 heteroatoms. The number of benzene rings is 1. The molecule has 0 amide bonds. The summed E-state index contributed by atoms with van der Waals surface area (Å²) < 4.78 is 13.7. The molecule has 0 aliphatic carbocycles. The Morgan fingerprint density at radius 2 is 2.00 bits per heavy atom. The number of hydrogen-bond donors (Lipinski definition) is 1. The van der Waals surface area contributed by atoms with E-state index in [4.69, 9.17) is 11.6 Å². The minimum Gasteiger partial charge on any atom is -0.297 e. The Morgan fingerprint density at radius 1 is 1.25 bits per heavy atom. The van der Waals surface area contributed by atoms with Crippen LogP contribution < -0.4 is 11.2 Å². The first-order chi connectivity index (χ1) is 7.58. The molecule has 1 N–H and O–H groups in total. The highest BCUT2D eigenvalue weighted by Crippen LogP contribution is 2.05. The predicted molar refractivity (Wildman–Crippen MR) is 57.6 cm³/mol. The molecule has 1 heterocycles. The Hall–Kier alpha value is -1.88. The van der Waals surface area contributed by atoms with E-state index in [2.05, 4.69) is 4.98 Å². The lowest BCUT2D eigenvalue weighted by atomic mass is 10.3. The van der Waals surface area contributed by atoms with Gasteiger partial charge in [0.15, 0.2) is 0 Å².